The van der Waals surface area contributed by atoms with Gasteiger partial charge in [0.1, 0.15) is 11.5 Å². The van der Waals surface area contributed by atoms with E-state index in [0.717, 1.165) is 28.6 Å². The lowest BCUT2D eigenvalue weighted by Crippen LogP contribution is -2.05. The third-order valence-electron chi connectivity index (χ3n) is 3.64. The first kappa shape index (κ1) is 21.1. The van der Waals surface area contributed by atoms with Gasteiger partial charge in [-0.3, -0.25) is 0 Å². The van der Waals surface area contributed by atoms with Crippen molar-refractivity contribution in [2.75, 3.05) is 33.6 Å². The van der Waals surface area contributed by atoms with Crippen LogP contribution >= 0.6 is 11.8 Å². The van der Waals surface area contributed by atoms with Gasteiger partial charge in [-0.05, 0) is 24.3 Å². The summed E-state index contributed by atoms with van der Waals surface area (Å²) in [7, 11) is 3.25. The zero-order chi connectivity index (χ0) is 17.5. The molecule has 0 aliphatic rings. The molecule has 0 bridgehead atoms. The maximum absolute atomic E-state index is 5.67. The lowest BCUT2D eigenvalue weighted by atomic mass is 10.1. The van der Waals surface area contributed by atoms with Crippen molar-refractivity contribution in [1.29, 1.82) is 0 Å². The summed E-state index contributed by atoms with van der Waals surface area (Å²) in [5, 5.41) is 0. The number of benzene rings is 1. The van der Waals surface area contributed by atoms with E-state index in [4.69, 9.17) is 18.9 Å². The minimum atomic E-state index is 0.239. The highest BCUT2D eigenvalue weighted by atomic mass is 32.2. The molecule has 24 heavy (non-hydrogen) atoms. The van der Waals surface area contributed by atoms with Crippen LogP contribution in [0.25, 0.3) is 0 Å². The fourth-order valence-corrected chi connectivity index (χ4v) is 3.40. The van der Waals surface area contributed by atoms with E-state index in [2.05, 4.69) is 6.92 Å². The van der Waals surface area contributed by atoms with Crippen LogP contribution in [-0.4, -0.2) is 33.6 Å². The lowest BCUT2D eigenvalue weighted by Gasteiger charge is -2.15. The van der Waals surface area contributed by atoms with Crippen molar-refractivity contribution in [3.05, 3.63) is 23.8 Å². The Hall–Kier alpha value is -0.910. The first-order valence-corrected chi connectivity index (χ1v) is 9.92. The number of rotatable bonds is 15. The Morgan fingerprint density at radius 2 is 1.42 bits per heavy atom. The molecule has 0 N–H and O–H groups in total. The fraction of sp³-hybridized carbons (Fsp3) is 0.684. The second-order valence-corrected chi connectivity index (χ2v) is 6.76. The van der Waals surface area contributed by atoms with Gasteiger partial charge in [0, 0.05) is 25.5 Å². The molecule has 0 atom stereocenters. The summed E-state index contributed by atoms with van der Waals surface area (Å²) >= 11 is 1.92. The largest absolute Gasteiger partial charge is 0.467 e. The van der Waals surface area contributed by atoms with E-state index in [1.165, 1.54) is 38.5 Å². The van der Waals surface area contributed by atoms with Crippen molar-refractivity contribution < 1.29 is 18.9 Å². The van der Waals surface area contributed by atoms with Crippen LogP contribution in [0, 0.1) is 0 Å². The quantitative estimate of drug-likeness (QED) is 0.317. The molecular formula is C19H32O4S. The number of thioether (sulfide) groups is 1. The standard InChI is InChI=1S/C19H32O4S/c1-4-5-6-7-8-9-13-24-14-17-18(22-15-20-2)11-10-12-19(17)23-16-21-3/h10-12H,4-9,13-16H2,1-3H3. The topological polar surface area (TPSA) is 36.9 Å². The summed E-state index contributed by atoms with van der Waals surface area (Å²) in [6.45, 7) is 2.73. The summed E-state index contributed by atoms with van der Waals surface area (Å²) < 4.78 is 21.4. The molecule has 1 aromatic rings. The zero-order valence-corrected chi connectivity index (χ0v) is 16.2. The summed E-state index contributed by atoms with van der Waals surface area (Å²) in [6.07, 6.45) is 7.97. The van der Waals surface area contributed by atoms with Crippen molar-refractivity contribution in [2.24, 2.45) is 0 Å². The molecule has 0 spiro atoms. The Balaban J connectivity index is 2.46. The average molecular weight is 357 g/mol. The molecular weight excluding hydrogens is 324 g/mol. The number of methoxy groups -OCH3 is 2. The molecule has 0 heterocycles. The van der Waals surface area contributed by atoms with Crippen LogP contribution in [-0.2, 0) is 15.2 Å². The SMILES string of the molecule is CCCCCCCCSCc1c(OCOC)cccc1OCOC. The first-order valence-electron chi connectivity index (χ1n) is 8.76. The van der Waals surface area contributed by atoms with E-state index in [0.29, 0.717) is 0 Å². The summed E-state index contributed by atoms with van der Waals surface area (Å²) in [5.74, 6) is 3.67. The normalized spacial score (nSPS) is 10.8. The highest BCUT2D eigenvalue weighted by molar-refractivity contribution is 7.98. The highest BCUT2D eigenvalue weighted by Gasteiger charge is 2.11. The minimum Gasteiger partial charge on any atom is -0.467 e. The second-order valence-electron chi connectivity index (χ2n) is 5.65. The minimum absolute atomic E-state index is 0.239. The fourth-order valence-electron chi connectivity index (χ4n) is 2.36. The molecule has 0 amide bonds. The van der Waals surface area contributed by atoms with Gasteiger partial charge in [0.05, 0.1) is 0 Å². The van der Waals surface area contributed by atoms with Crippen LogP contribution in [0.3, 0.4) is 0 Å². The van der Waals surface area contributed by atoms with E-state index in [1.54, 1.807) is 14.2 Å². The molecule has 0 radical (unpaired) electrons. The molecule has 0 aliphatic carbocycles. The summed E-state index contributed by atoms with van der Waals surface area (Å²) in [5.41, 5.74) is 1.07. The Labute approximate surface area is 151 Å². The van der Waals surface area contributed by atoms with Crippen LogP contribution in [0.1, 0.15) is 51.0 Å². The molecule has 0 fully saturated rings. The smallest absolute Gasteiger partial charge is 0.188 e. The first-order chi connectivity index (χ1) is 11.8. The number of hydrogen-bond acceptors (Lipinski definition) is 5. The predicted octanol–water partition coefficient (Wildman–Crippen LogP) is 5.25. The van der Waals surface area contributed by atoms with Gasteiger partial charge >= 0.3 is 0 Å². The van der Waals surface area contributed by atoms with Crippen molar-refractivity contribution in [2.45, 2.75) is 51.2 Å². The number of ether oxygens (including phenoxy) is 4. The van der Waals surface area contributed by atoms with Gasteiger partial charge in [-0.15, -0.1) is 0 Å². The van der Waals surface area contributed by atoms with Gasteiger partial charge in [0.2, 0.25) is 0 Å². The molecule has 0 unspecified atom stereocenters. The van der Waals surface area contributed by atoms with E-state index < -0.39 is 0 Å². The Kier molecular flexibility index (Phi) is 12.7. The number of hydrogen-bond donors (Lipinski definition) is 0. The molecule has 4 nitrogen and oxygen atoms in total. The van der Waals surface area contributed by atoms with Crippen LogP contribution in [0.15, 0.2) is 18.2 Å². The average Bonchev–Trinajstić information content (AvgIpc) is 2.61. The van der Waals surface area contributed by atoms with Gasteiger partial charge in [-0.25, -0.2) is 0 Å². The van der Waals surface area contributed by atoms with Gasteiger partial charge in [0.15, 0.2) is 13.6 Å². The summed E-state index contributed by atoms with van der Waals surface area (Å²) in [6, 6.07) is 5.84. The van der Waals surface area contributed by atoms with Crippen LogP contribution in [0.2, 0.25) is 0 Å². The van der Waals surface area contributed by atoms with E-state index in [1.807, 2.05) is 30.0 Å². The molecule has 0 aliphatic heterocycles. The molecule has 1 aromatic carbocycles. The van der Waals surface area contributed by atoms with Crippen LogP contribution < -0.4 is 9.47 Å². The van der Waals surface area contributed by atoms with Crippen molar-refractivity contribution >= 4 is 11.8 Å². The van der Waals surface area contributed by atoms with Crippen LogP contribution in [0.5, 0.6) is 11.5 Å². The third-order valence-corrected chi connectivity index (χ3v) is 4.71. The maximum Gasteiger partial charge on any atom is 0.188 e. The predicted molar refractivity (Wildman–Crippen MR) is 101 cm³/mol. The molecule has 0 saturated heterocycles. The van der Waals surface area contributed by atoms with E-state index >= 15 is 0 Å². The summed E-state index contributed by atoms with van der Waals surface area (Å²) in [4.78, 5) is 0. The van der Waals surface area contributed by atoms with E-state index in [9.17, 15) is 0 Å². The third kappa shape index (κ3) is 8.81. The van der Waals surface area contributed by atoms with Crippen molar-refractivity contribution in [3.63, 3.8) is 0 Å². The highest BCUT2D eigenvalue weighted by Crippen LogP contribution is 2.32. The van der Waals surface area contributed by atoms with E-state index in [-0.39, 0.29) is 13.6 Å². The Morgan fingerprint density at radius 1 is 0.833 bits per heavy atom. The molecule has 1 rings (SSSR count). The maximum atomic E-state index is 5.67. The second kappa shape index (κ2) is 14.4. The Morgan fingerprint density at radius 3 is 2.00 bits per heavy atom. The van der Waals surface area contributed by atoms with Gasteiger partial charge < -0.3 is 18.9 Å². The molecule has 0 aromatic heterocycles. The van der Waals surface area contributed by atoms with Crippen molar-refractivity contribution in [3.8, 4) is 11.5 Å². The van der Waals surface area contributed by atoms with Gasteiger partial charge in [-0.1, -0.05) is 45.1 Å². The van der Waals surface area contributed by atoms with Gasteiger partial charge in [-0.2, -0.15) is 11.8 Å². The van der Waals surface area contributed by atoms with Crippen LogP contribution in [0.4, 0.5) is 0 Å². The molecule has 138 valence electrons. The van der Waals surface area contributed by atoms with Crippen molar-refractivity contribution in [1.82, 2.24) is 0 Å². The monoisotopic (exact) mass is 356 g/mol. The Bertz CT molecular complexity index is 400. The molecule has 5 heteroatoms. The lowest BCUT2D eigenvalue weighted by molar-refractivity contribution is 0.0450. The zero-order valence-electron chi connectivity index (χ0n) is 15.3. The van der Waals surface area contributed by atoms with Gasteiger partial charge in [0.25, 0.3) is 0 Å². The number of unbranched alkanes of at least 4 members (excludes halogenated alkanes) is 5. The molecule has 0 saturated carbocycles.